The van der Waals surface area contributed by atoms with E-state index < -0.39 is 23.5 Å². The molecule has 0 spiro atoms. The summed E-state index contributed by atoms with van der Waals surface area (Å²) in [6.45, 7) is -0.0775. The predicted molar refractivity (Wildman–Crippen MR) is 81.3 cm³/mol. The Morgan fingerprint density at radius 3 is 2.46 bits per heavy atom. The van der Waals surface area contributed by atoms with Crippen LogP contribution >= 0.6 is 0 Å². The van der Waals surface area contributed by atoms with Crippen LogP contribution in [0.4, 0.5) is 18.0 Å². The van der Waals surface area contributed by atoms with Gasteiger partial charge in [0, 0.05) is 25.6 Å². The Morgan fingerprint density at radius 2 is 1.88 bits per heavy atom. The van der Waals surface area contributed by atoms with E-state index in [2.05, 4.69) is 5.32 Å². The second-order valence-electron chi connectivity index (χ2n) is 6.14. The number of rotatable bonds is 4. The lowest BCUT2D eigenvalue weighted by atomic mass is 9.85. The summed E-state index contributed by atoms with van der Waals surface area (Å²) >= 11 is 0. The van der Waals surface area contributed by atoms with E-state index in [0.29, 0.717) is 12.8 Å². The molecule has 0 bridgehead atoms. The van der Waals surface area contributed by atoms with Gasteiger partial charge in [0.05, 0.1) is 0 Å². The molecule has 24 heavy (non-hydrogen) atoms. The molecule has 2 atom stereocenters. The average Bonchev–Trinajstić information content (AvgIpc) is 2.52. The first-order valence-corrected chi connectivity index (χ1v) is 7.72. The van der Waals surface area contributed by atoms with Crippen LogP contribution in [0.2, 0.25) is 0 Å². The van der Waals surface area contributed by atoms with Gasteiger partial charge in [-0.2, -0.15) is 0 Å². The normalized spacial score (nSPS) is 20.5. The number of benzene rings is 1. The second kappa shape index (κ2) is 7.55. The highest BCUT2D eigenvalue weighted by atomic mass is 19.2. The van der Waals surface area contributed by atoms with Crippen LogP contribution < -0.4 is 11.1 Å². The van der Waals surface area contributed by atoms with E-state index in [-0.39, 0.29) is 30.0 Å². The molecule has 5 nitrogen and oxygen atoms in total. The monoisotopic (exact) mass is 343 g/mol. The number of hydrogen-bond donors (Lipinski definition) is 2. The SMILES string of the molecule is CN(Cc1cc(F)c(F)c(F)c1)C(=O)NC1CCCC(C(N)=O)C1. The molecule has 0 saturated heterocycles. The molecule has 2 rings (SSSR count). The molecule has 1 aromatic rings. The molecule has 0 aliphatic heterocycles. The van der Waals surface area contributed by atoms with E-state index in [1.54, 1.807) is 0 Å². The van der Waals surface area contributed by atoms with Crippen LogP contribution in [-0.2, 0) is 11.3 Å². The molecule has 1 saturated carbocycles. The zero-order valence-corrected chi connectivity index (χ0v) is 13.3. The maximum atomic E-state index is 13.2. The smallest absolute Gasteiger partial charge is 0.317 e. The van der Waals surface area contributed by atoms with E-state index in [4.69, 9.17) is 5.73 Å². The Labute approximate surface area is 138 Å². The first kappa shape index (κ1) is 18.1. The Morgan fingerprint density at radius 1 is 1.25 bits per heavy atom. The third kappa shape index (κ3) is 4.39. The maximum absolute atomic E-state index is 13.2. The summed E-state index contributed by atoms with van der Waals surface area (Å²) in [6.07, 6.45) is 2.72. The second-order valence-corrected chi connectivity index (χ2v) is 6.14. The van der Waals surface area contributed by atoms with Crippen LogP contribution in [0.15, 0.2) is 12.1 Å². The third-order valence-corrected chi connectivity index (χ3v) is 4.21. The molecule has 2 unspecified atom stereocenters. The Hall–Kier alpha value is -2.25. The summed E-state index contributed by atoms with van der Waals surface area (Å²) in [7, 11) is 1.46. The largest absolute Gasteiger partial charge is 0.369 e. The summed E-state index contributed by atoms with van der Waals surface area (Å²) in [5.74, 6) is -4.76. The number of nitrogens with one attached hydrogen (secondary N) is 1. The van der Waals surface area contributed by atoms with Crippen molar-refractivity contribution in [2.24, 2.45) is 11.7 Å². The fourth-order valence-electron chi connectivity index (χ4n) is 2.91. The van der Waals surface area contributed by atoms with Gasteiger partial charge in [0.1, 0.15) is 0 Å². The standard InChI is InChI=1S/C16H20F3N3O2/c1-22(8-9-5-12(17)14(19)13(18)6-9)16(24)21-11-4-2-3-10(7-11)15(20)23/h5-6,10-11H,2-4,7-8H2,1H3,(H2,20,23)(H,21,24). The quantitative estimate of drug-likeness (QED) is 0.823. The number of nitrogens with zero attached hydrogens (tertiary/aromatic N) is 1. The summed E-state index contributed by atoms with van der Waals surface area (Å²) < 4.78 is 39.3. The van der Waals surface area contributed by atoms with Gasteiger partial charge in [0.15, 0.2) is 17.5 Å². The van der Waals surface area contributed by atoms with Gasteiger partial charge in [0.2, 0.25) is 5.91 Å². The molecular weight excluding hydrogens is 323 g/mol. The molecule has 8 heteroatoms. The van der Waals surface area contributed by atoms with Crippen molar-refractivity contribution in [3.05, 3.63) is 35.1 Å². The van der Waals surface area contributed by atoms with Crippen molar-refractivity contribution in [3.8, 4) is 0 Å². The third-order valence-electron chi connectivity index (χ3n) is 4.21. The van der Waals surface area contributed by atoms with Gasteiger partial charge in [-0.25, -0.2) is 18.0 Å². The van der Waals surface area contributed by atoms with Crippen LogP contribution in [0.5, 0.6) is 0 Å². The van der Waals surface area contributed by atoms with Crippen molar-refractivity contribution >= 4 is 11.9 Å². The summed E-state index contributed by atoms with van der Waals surface area (Å²) in [6, 6.07) is 1.10. The minimum atomic E-state index is -1.54. The molecule has 1 aliphatic rings. The molecule has 3 amide bonds. The summed E-state index contributed by atoms with van der Waals surface area (Å²) in [4.78, 5) is 24.7. The fourth-order valence-corrected chi connectivity index (χ4v) is 2.91. The van der Waals surface area contributed by atoms with Gasteiger partial charge in [-0.3, -0.25) is 4.79 Å². The van der Waals surface area contributed by atoms with Crippen LogP contribution in [0.25, 0.3) is 0 Å². The van der Waals surface area contributed by atoms with Crippen LogP contribution in [0.3, 0.4) is 0 Å². The van der Waals surface area contributed by atoms with Crippen molar-refractivity contribution in [2.45, 2.75) is 38.3 Å². The Balaban J connectivity index is 1.94. The maximum Gasteiger partial charge on any atom is 0.317 e. The lowest BCUT2D eigenvalue weighted by Crippen LogP contribution is -2.46. The lowest BCUT2D eigenvalue weighted by Gasteiger charge is -2.29. The highest BCUT2D eigenvalue weighted by Gasteiger charge is 2.27. The van der Waals surface area contributed by atoms with Crippen molar-refractivity contribution in [1.82, 2.24) is 10.2 Å². The number of halogens is 3. The highest BCUT2D eigenvalue weighted by molar-refractivity contribution is 5.77. The number of urea groups is 1. The molecule has 1 aliphatic carbocycles. The van der Waals surface area contributed by atoms with Gasteiger partial charge in [-0.1, -0.05) is 6.42 Å². The number of carbonyl (C=O) groups is 2. The summed E-state index contributed by atoms with van der Waals surface area (Å²) in [5, 5.41) is 2.78. The molecule has 1 aromatic carbocycles. The minimum Gasteiger partial charge on any atom is -0.369 e. The van der Waals surface area contributed by atoms with Crippen LogP contribution in [-0.4, -0.2) is 29.9 Å². The van der Waals surface area contributed by atoms with Gasteiger partial charge < -0.3 is 16.0 Å². The molecular formula is C16H20F3N3O2. The zero-order chi connectivity index (χ0) is 17.9. The van der Waals surface area contributed by atoms with Gasteiger partial charge in [0.25, 0.3) is 0 Å². The van der Waals surface area contributed by atoms with Gasteiger partial charge in [-0.15, -0.1) is 0 Å². The van der Waals surface area contributed by atoms with E-state index in [0.717, 1.165) is 25.0 Å². The molecule has 3 N–H and O–H groups in total. The van der Waals surface area contributed by atoms with Crippen molar-refractivity contribution < 1.29 is 22.8 Å². The number of hydrogen-bond acceptors (Lipinski definition) is 2. The summed E-state index contributed by atoms with van der Waals surface area (Å²) in [5.41, 5.74) is 5.44. The average molecular weight is 343 g/mol. The van der Waals surface area contributed by atoms with Crippen molar-refractivity contribution in [2.75, 3.05) is 7.05 Å². The first-order valence-electron chi connectivity index (χ1n) is 7.72. The first-order chi connectivity index (χ1) is 11.3. The number of primary amides is 1. The number of amides is 3. The van der Waals surface area contributed by atoms with E-state index >= 15 is 0 Å². The van der Waals surface area contributed by atoms with Crippen molar-refractivity contribution in [3.63, 3.8) is 0 Å². The number of nitrogens with two attached hydrogens (primary N) is 1. The molecule has 0 radical (unpaired) electrons. The van der Waals surface area contributed by atoms with E-state index in [1.165, 1.54) is 11.9 Å². The highest BCUT2D eigenvalue weighted by Crippen LogP contribution is 2.24. The van der Waals surface area contributed by atoms with Gasteiger partial charge in [-0.05, 0) is 37.0 Å². The Kier molecular flexibility index (Phi) is 5.69. The number of carbonyl (C=O) groups excluding carboxylic acids is 2. The van der Waals surface area contributed by atoms with Crippen LogP contribution in [0.1, 0.15) is 31.2 Å². The molecule has 132 valence electrons. The van der Waals surface area contributed by atoms with Crippen molar-refractivity contribution in [1.29, 1.82) is 0 Å². The lowest BCUT2D eigenvalue weighted by molar-refractivity contribution is -0.122. The Bertz CT molecular complexity index is 616. The predicted octanol–water partition coefficient (Wildman–Crippen LogP) is 2.29. The zero-order valence-electron chi connectivity index (χ0n) is 13.3. The molecule has 0 heterocycles. The van der Waals surface area contributed by atoms with Crippen LogP contribution in [0, 0.1) is 23.4 Å². The van der Waals surface area contributed by atoms with E-state index in [9.17, 15) is 22.8 Å². The fraction of sp³-hybridized carbons (Fsp3) is 0.500. The molecule has 0 aromatic heterocycles. The van der Waals surface area contributed by atoms with E-state index in [1.807, 2.05) is 0 Å². The topological polar surface area (TPSA) is 75.4 Å². The molecule has 1 fully saturated rings. The minimum absolute atomic E-state index is 0.0775. The van der Waals surface area contributed by atoms with Gasteiger partial charge >= 0.3 is 6.03 Å².